The lowest BCUT2D eigenvalue weighted by Gasteiger charge is -2.06. The van der Waals surface area contributed by atoms with Gasteiger partial charge in [0.25, 0.3) is 0 Å². The van der Waals surface area contributed by atoms with Gasteiger partial charge in [0.2, 0.25) is 5.91 Å². The van der Waals surface area contributed by atoms with E-state index >= 15 is 0 Å². The quantitative estimate of drug-likeness (QED) is 0.721. The number of carbonyl (C=O) groups is 1. The summed E-state index contributed by atoms with van der Waals surface area (Å²) >= 11 is 5.86. The van der Waals surface area contributed by atoms with Crippen LogP contribution in [0.25, 0.3) is 0 Å². The van der Waals surface area contributed by atoms with Gasteiger partial charge in [0.1, 0.15) is 5.15 Å². The first-order chi connectivity index (χ1) is 6.02. The van der Waals surface area contributed by atoms with Crippen molar-refractivity contribution in [1.82, 2.24) is 9.78 Å². The summed E-state index contributed by atoms with van der Waals surface area (Å²) in [5.41, 5.74) is 11.3. The number of halogens is 1. The van der Waals surface area contributed by atoms with Crippen LogP contribution < -0.4 is 11.5 Å². The second kappa shape index (κ2) is 3.76. The molecule has 1 rings (SSSR count). The minimum absolute atomic E-state index is 0.0748. The molecule has 0 spiro atoms. The number of carbonyl (C=O) groups excluding carboxylic acids is 1. The third-order valence-corrected chi connectivity index (χ3v) is 2.18. The van der Waals surface area contributed by atoms with E-state index in [1.807, 2.05) is 0 Å². The maximum atomic E-state index is 10.6. The first-order valence-electron chi connectivity index (χ1n) is 3.73. The van der Waals surface area contributed by atoms with Crippen LogP contribution in [0.3, 0.4) is 0 Å². The number of primary amides is 1. The maximum Gasteiger partial charge on any atom is 0.219 e. The van der Waals surface area contributed by atoms with Gasteiger partial charge in [-0.1, -0.05) is 11.6 Å². The van der Waals surface area contributed by atoms with Gasteiger partial charge >= 0.3 is 0 Å². The third kappa shape index (κ3) is 2.19. The molecule has 0 saturated heterocycles. The van der Waals surface area contributed by atoms with Gasteiger partial charge in [-0.15, -0.1) is 0 Å². The average molecular weight is 203 g/mol. The van der Waals surface area contributed by atoms with Crippen molar-refractivity contribution in [3.8, 4) is 0 Å². The number of rotatable bonds is 3. The topological polar surface area (TPSA) is 86.9 Å². The lowest BCUT2D eigenvalue weighted by Crippen LogP contribution is -2.20. The van der Waals surface area contributed by atoms with Gasteiger partial charge < -0.3 is 11.5 Å². The van der Waals surface area contributed by atoms with Crippen LogP contribution in [0.2, 0.25) is 5.15 Å². The van der Waals surface area contributed by atoms with Crippen molar-refractivity contribution >= 4 is 17.5 Å². The van der Waals surface area contributed by atoms with Gasteiger partial charge in [0, 0.05) is 25.1 Å². The molecule has 6 heteroatoms. The number of hydrogen-bond donors (Lipinski definition) is 2. The summed E-state index contributed by atoms with van der Waals surface area (Å²) in [5.74, 6) is -0.451. The Kier molecular flexibility index (Phi) is 2.90. The normalized spacial score (nSPS) is 12.8. The average Bonchev–Trinajstić information content (AvgIpc) is 2.31. The van der Waals surface area contributed by atoms with E-state index < -0.39 is 11.9 Å². The van der Waals surface area contributed by atoms with E-state index in [1.165, 1.54) is 10.9 Å². The molecule has 72 valence electrons. The minimum Gasteiger partial charge on any atom is -0.370 e. The Morgan fingerprint density at radius 2 is 2.46 bits per heavy atom. The molecule has 0 bridgehead atoms. The Morgan fingerprint density at radius 3 is 2.85 bits per heavy atom. The second-order valence-electron chi connectivity index (χ2n) is 2.79. The first-order valence-corrected chi connectivity index (χ1v) is 4.11. The van der Waals surface area contributed by atoms with Crippen molar-refractivity contribution in [2.45, 2.75) is 12.5 Å². The van der Waals surface area contributed by atoms with Crippen LogP contribution in [0.1, 0.15) is 18.0 Å². The first kappa shape index (κ1) is 10.0. The van der Waals surface area contributed by atoms with Gasteiger partial charge in [-0.25, -0.2) is 0 Å². The fourth-order valence-corrected chi connectivity index (χ4v) is 1.25. The number of amides is 1. The highest BCUT2D eigenvalue weighted by Crippen LogP contribution is 2.21. The smallest absolute Gasteiger partial charge is 0.219 e. The summed E-state index contributed by atoms with van der Waals surface area (Å²) in [6.45, 7) is 0. The number of nitrogens with zero attached hydrogens (tertiary/aromatic N) is 2. The molecule has 1 atom stereocenters. The van der Waals surface area contributed by atoms with Crippen molar-refractivity contribution in [2.24, 2.45) is 18.5 Å². The monoisotopic (exact) mass is 202 g/mol. The van der Waals surface area contributed by atoms with Crippen molar-refractivity contribution in [3.05, 3.63) is 16.9 Å². The highest BCUT2D eigenvalue weighted by Gasteiger charge is 2.15. The van der Waals surface area contributed by atoms with E-state index in [4.69, 9.17) is 23.1 Å². The highest BCUT2D eigenvalue weighted by molar-refractivity contribution is 6.30. The van der Waals surface area contributed by atoms with Crippen molar-refractivity contribution in [3.63, 3.8) is 0 Å². The molecule has 4 N–H and O–H groups in total. The van der Waals surface area contributed by atoms with Crippen LogP contribution >= 0.6 is 11.6 Å². The molecule has 0 aliphatic rings. The molecular formula is C7H11ClN4O. The van der Waals surface area contributed by atoms with E-state index in [2.05, 4.69) is 5.10 Å². The Labute approximate surface area is 80.6 Å². The molecule has 0 saturated carbocycles. The SMILES string of the molecule is Cn1ncc([C@@H](N)CC(N)=O)c1Cl. The van der Waals surface area contributed by atoms with Crippen LogP contribution in [0.5, 0.6) is 0 Å². The number of aromatic nitrogens is 2. The second-order valence-corrected chi connectivity index (χ2v) is 3.15. The Morgan fingerprint density at radius 1 is 1.85 bits per heavy atom. The van der Waals surface area contributed by atoms with Crippen molar-refractivity contribution in [2.75, 3.05) is 0 Å². The zero-order chi connectivity index (χ0) is 10.0. The van der Waals surface area contributed by atoms with E-state index in [0.717, 1.165) is 0 Å². The van der Waals surface area contributed by atoms with E-state index in [0.29, 0.717) is 10.7 Å². The highest BCUT2D eigenvalue weighted by atomic mass is 35.5. The third-order valence-electron chi connectivity index (χ3n) is 1.71. The Hall–Kier alpha value is -1.07. The fourth-order valence-electron chi connectivity index (χ4n) is 1.02. The molecule has 1 heterocycles. The predicted molar refractivity (Wildman–Crippen MR) is 49.0 cm³/mol. The minimum atomic E-state index is -0.473. The molecular weight excluding hydrogens is 192 g/mol. The molecule has 0 unspecified atom stereocenters. The molecule has 0 aromatic carbocycles. The van der Waals surface area contributed by atoms with Gasteiger partial charge in [-0.3, -0.25) is 9.48 Å². The summed E-state index contributed by atoms with van der Waals surface area (Å²) in [5, 5.41) is 4.34. The lowest BCUT2D eigenvalue weighted by molar-refractivity contribution is -0.118. The van der Waals surface area contributed by atoms with E-state index in [-0.39, 0.29) is 6.42 Å². The number of aryl methyl sites for hydroxylation is 1. The van der Waals surface area contributed by atoms with Crippen LogP contribution in [-0.4, -0.2) is 15.7 Å². The molecule has 1 amide bonds. The summed E-state index contributed by atoms with van der Waals surface area (Å²) < 4.78 is 1.48. The molecule has 1 aromatic rings. The number of nitrogens with two attached hydrogens (primary N) is 2. The molecule has 0 radical (unpaired) electrons. The van der Waals surface area contributed by atoms with Gasteiger partial charge in [-0.05, 0) is 0 Å². The van der Waals surface area contributed by atoms with Gasteiger partial charge in [0.15, 0.2) is 0 Å². The summed E-state index contributed by atoms with van der Waals surface area (Å²) in [4.78, 5) is 10.6. The standard InChI is InChI=1S/C7H11ClN4O/c1-12-7(8)4(3-11-12)5(9)2-6(10)13/h3,5H,2,9H2,1H3,(H2,10,13)/t5-/m0/s1. The molecule has 0 aliphatic heterocycles. The van der Waals surface area contributed by atoms with Crippen molar-refractivity contribution < 1.29 is 4.79 Å². The fraction of sp³-hybridized carbons (Fsp3) is 0.429. The van der Waals surface area contributed by atoms with Crippen LogP contribution in [-0.2, 0) is 11.8 Å². The van der Waals surface area contributed by atoms with Gasteiger partial charge in [-0.2, -0.15) is 5.10 Å². The van der Waals surface area contributed by atoms with Crippen LogP contribution in [0.4, 0.5) is 0 Å². The van der Waals surface area contributed by atoms with Crippen LogP contribution in [0, 0.1) is 0 Å². The maximum absolute atomic E-state index is 10.6. The molecule has 1 aromatic heterocycles. The summed E-state index contributed by atoms with van der Waals surface area (Å²) in [6.07, 6.45) is 1.61. The van der Waals surface area contributed by atoms with Gasteiger partial charge in [0.05, 0.1) is 6.20 Å². The largest absolute Gasteiger partial charge is 0.370 e. The van der Waals surface area contributed by atoms with Crippen LogP contribution in [0.15, 0.2) is 6.20 Å². The Bertz CT molecular complexity index is 322. The number of hydrogen-bond acceptors (Lipinski definition) is 3. The van der Waals surface area contributed by atoms with E-state index in [9.17, 15) is 4.79 Å². The zero-order valence-electron chi connectivity index (χ0n) is 7.20. The Balaban J connectivity index is 2.82. The van der Waals surface area contributed by atoms with Crippen molar-refractivity contribution in [1.29, 1.82) is 0 Å². The van der Waals surface area contributed by atoms with E-state index in [1.54, 1.807) is 7.05 Å². The summed E-state index contributed by atoms with van der Waals surface area (Å²) in [7, 11) is 1.70. The lowest BCUT2D eigenvalue weighted by atomic mass is 10.1. The zero-order valence-corrected chi connectivity index (χ0v) is 7.95. The summed E-state index contributed by atoms with van der Waals surface area (Å²) in [6, 6.07) is -0.473. The predicted octanol–water partition coefficient (Wildman–Crippen LogP) is -0.0513. The molecule has 13 heavy (non-hydrogen) atoms. The molecule has 0 fully saturated rings. The molecule has 0 aliphatic carbocycles. The molecule has 5 nitrogen and oxygen atoms in total.